The van der Waals surface area contributed by atoms with E-state index >= 15 is 0 Å². The average molecular weight is 322 g/mol. The first kappa shape index (κ1) is 14.8. The zero-order valence-electron chi connectivity index (χ0n) is 13.4. The molecule has 1 aliphatic heterocycles. The van der Waals surface area contributed by atoms with Crippen molar-refractivity contribution in [1.29, 1.82) is 0 Å². The number of aryl methyl sites for hydroxylation is 1. The second kappa shape index (κ2) is 5.72. The third kappa shape index (κ3) is 2.27. The number of benzene rings is 2. The van der Waals surface area contributed by atoms with Gasteiger partial charge in [-0.1, -0.05) is 29.5 Å². The highest BCUT2D eigenvalue weighted by Crippen LogP contribution is 2.30. The Morgan fingerprint density at radius 2 is 2.12 bits per heavy atom. The highest BCUT2D eigenvalue weighted by molar-refractivity contribution is 5.97. The van der Waals surface area contributed by atoms with Gasteiger partial charge in [0.2, 0.25) is 0 Å². The van der Waals surface area contributed by atoms with Crippen LogP contribution < -0.4 is 0 Å². The van der Waals surface area contributed by atoms with Gasteiger partial charge in [0.15, 0.2) is 0 Å². The molecular weight excluding hydrogens is 304 g/mol. The Kier molecular flexibility index (Phi) is 3.54. The summed E-state index contributed by atoms with van der Waals surface area (Å²) in [7, 11) is 1.80. The molecule has 0 saturated carbocycles. The molecule has 4 rings (SSSR count). The number of fused-ring (bicyclic) bond motifs is 2. The van der Waals surface area contributed by atoms with Crippen molar-refractivity contribution < 1.29 is 9.90 Å². The van der Waals surface area contributed by atoms with Crippen LogP contribution in [0, 0.1) is 0 Å². The lowest BCUT2D eigenvalue weighted by Crippen LogP contribution is -2.41. The molecule has 0 saturated heterocycles. The average Bonchev–Trinajstić information content (AvgIpc) is 3.00. The number of carbonyl (C=O) groups is 1. The van der Waals surface area contributed by atoms with Gasteiger partial charge in [0.25, 0.3) is 5.91 Å². The minimum atomic E-state index is -0.303. The van der Waals surface area contributed by atoms with Crippen LogP contribution in [0.5, 0.6) is 0 Å². The Balaban J connectivity index is 1.71. The predicted octanol–water partition coefficient (Wildman–Crippen LogP) is 1.70. The monoisotopic (exact) mass is 322 g/mol. The first-order valence-corrected chi connectivity index (χ1v) is 7.98. The lowest BCUT2D eigenvalue weighted by Gasteiger charge is -2.36. The quantitative estimate of drug-likeness (QED) is 0.779. The molecule has 1 atom stereocenters. The summed E-state index contributed by atoms with van der Waals surface area (Å²) in [6.07, 6.45) is 0.800. The topological polar surface area (TPSA) is 71.2 Å². The maximum atomic E-state index is 13.0. The zero-order chi connectivity index (χ0) is 16.7. The van der Waals surface area contributed by atoms with Crippen molar-refractivity contribution in [2.75, 3.05) is 13.2 Å². The van der Waals surface area contributed by atoms with Crippen LogP contribution in [-0.4, -0.2) is 44.1 Å². The van der Waals surface area contributed by atoms with Crippen molar-refractivity contribution in [3.63, 3.8) is 0 Å². The van der Waals surface area contributed by atoms with E-state index in [0.29, 0.717) is 12.1 Å². The van der Waals surface area contributed by atoms with E-state index in [4.69, 9.17) is 0 Å². The number of aromatic nitrogens is 3. The number of rotatable bonds is 2. The third-order valence-electron chi connectivity index (χ3n) is 4.70. The summed E-state index contributed by atoms with van der Waals surface area (Å²) in [6, 6.07) is 13.1. The van der Waals surface area contributed by atoms with E-state index in [9.17, 15) is 9.90 Å². The summed E-state index contributed by atoms with van der Waals surface area (Å²) in [4.78, 5) is 14.8. The van der Waals surface area contributed by atoms with Crippen molar-refractivity contribution in [3.05, 3.63) is 59.2 Å². The van der Waals surface area contributed by atoms with Crippen molar-refractivity contribution in [1.82, 2.24) is 19.9 Å². The van der Waals surface area contributed by atoms with E-state index in [2.05, 4.69) is 16.4 Å². The SMILES string of the molecule is Cn1nnc2ccc(C(=O)N3CCc4ccccc4C3CO)cc21. The van der Waals surface area contributed by atoms with Gasteiger partial charge in [-0.2, -0.15) is 0 Å². The maximum absolute atomic E-state index is 13.0. The van der Waals surface area contributed by atoms with Gasteiger partial charge in [0.1, 0.15) is 5.52 Å². The number of amides is 1. The van der Waals surface area contributed by atoms with Gasteiger partial charge >= 0.3 is 0 Å². The largest absolute Gasteiger partial charge is 0.394 e. The van der Waals surface area contributed by atoms with Gasteiger partial charge in [0, 0.05) is 19.2 Å². The lowest BCUT2D eigenvalue weighted by atomic mass is 9.92. The molecule has 0 aliphatic carbocycles. The number of nitrogens with zero attached hydrogens (tertiary/aromatic N) is 4. The summed E-state index contributed by atoms with van der Waals surface area (Å²) >= 11 is 0. The van der Waals surface area contributed by atoms with Crippen molar-refractivity contribution in [2.45, 2.75) is 12.5 Å². The number of carbonyl (C=O) groups excluding carboxylic acids is 1. The van der Waals surface area contributed by atoms with E-state index in [1.807, 2.05) is 24.3 Å². The molecule has 24 heavy (non-hydrogen) atoms. The maximum Gasteiger partial charge on any atom is 0.254 e. The van der Waals surface area contributed by atoms with E-state index in [1.165, 1.54) is 5.56 Å². The van der Waals surface area contributed by atoms with Gasteiger partial charge in [-0.05, 0) is 35.7 Å². The minimum absolute atomic E-state index is 0.0772. The molecule has 1 aromatic heterocycles. The number of hydrogen-bond acceptors (Lipinski definition) is 4. The fourth-order valence-electron chi connectivity index (χ4n) is 3.42. The molecule has 122 valence electrons. The first-order valence-electron chi connectivity index (χ1n) is 7.98. The van der Waals surface area contributed by atoms with Crippen LogP contribution in [0.3, 0.4) is 0 Å². The van der Waals surface area contributed by atoms with Crippen LogP contribution in [0.25, 0.3) is 11.0 Å². The van der Waals surface area contributed by atoms with Gasteiger partial charge in [-0.15, -0.1) is 5.10 Å². The molecule has 2 heterocycles. The Hall–Kier alpha value is -2.73. The predicted molar refractivity (Wildman–Crippen MR) is 89.5 cm³/mol. The van der Waals surface area contributed by atoms with Crippen LogP contribution in [0.1, 0.15) is 27.5 Å². The van der Waals surface area contributed by atoms with Crippen LogP contribution in [0.2, 0.25) is 0 Å². The number of aliphatic hydroxyl groups is 1. The lowest BCUT2D eigenvalue weighted by molar-refractivity contribution is 0.0569. The number of aliphatic hydroxyl groups excluding tert-OH is 1. The van der Waals surface area contributed by atoms with Crippen molar-refractivity contribution in [3.8, 4) is 0 Å². The van der Waals surface area contributed by atoms with Crippen molar-refractivity contribution >= 4 is 16.9 Å². The first-order chi connectivity index (χ1) is 11.7. The summed E-state index contributed by atoms with van der Waals surface area (Å²) < 4.78 is 1.65. The standard InChI is InChI=1S/C18H18N4O2/c1-21-16-10-13(6-7-15(16)19-20-21)18(24)22-9-8-12-4-2-3-5-14(12)17(22)11-23/h2-7,10,17,23H,8-9,11H2,1H3. The minimum Gasteiger partial charge on any atom is -0.394 e. The van der Waals surface area contributed by atoms with Crippen LogP contribution in [-0.2, 0) is 13.5 Å². The molecule has 1 unspecified atom stereocenters. The molecule has 6 heteroatoms. The summed E-state index contributed by atoms with van der Waals surface area (Å²) in [5.41, 5.74) is 4.40. The van der Waals surface area contributed by atoms with Gasteiger partial charge in [-0.3, -0.25) is 4.79 Å². The second-order valence-electron chi connectivity index (χ2n) is 6.06. The Morgan fingerprint density at radius 3 is 2.96 bits per heavy atom. The summed E-state index contributed by atoms with van der Waals surface area (Å²) in [6.45, 7) is 0.515. The van der Waals surface area contributed by atoms with E-state index in [0.717, 1.165) is 23.0 Å². The normalized spacial score (nSPS) is 17.1. The van der Waals surface area contributed by atoms with Crippen LogP contribution in [0.4, 0.5) is 0 Å². The molecule has 3 aromatic rings. The molecule has 6 nitrogen and oxygen atoms in total. The fourth-order valence-corrected chi connectivity index (χ4v) is 3.42. The summed E-state index contributed by atoms with van der Waals surface area (Å²) in [5, 5.41) is 17.9. The van der Waals surface area contributed by atoms with Crippen LogP contribution >= 0.6 is 0 Å². The van der Waals surface area contributed by atoms with E-state index in [-0.39, 0.29) is 18.6 Å². The molecule has 0 fully saturated rings. The van der Waals surface area contributed by atoms with Gasteiger partial charge in [-0.25, -0.2) is 4.68 Å². The third-order valence-corrected chi connectivity index (χ3v) is 4.70. The molecule has 1 amide bonds. The molecular formula is C18H18N4O2. The van der Waals surface area contributed by atoms with E-state index < -0.39 is 0 Å². The molecule has 1 aliphatic rings. The van der Waals surface area contributed by atoms with E-state index in [1.54, 1.807) is 28.8 Å². The molecule has 2 aromatic carbocycles. The Bertz CT molecular complexity index is 918. The van der Waals surface area contributed by atoms with Crippen LogP contribution in [0.15, 0.2) is 42.5 Å². The zero-order valence-corrected chi connectivity index (χ0v) is 13.4. The fraction of sp³-hybridized carbons (Fsp3) is 0.278. The Morgan fingerprint density at radius 1 is 1.29 bits per heavy atom. The van der Waals surface area contributed by atoms with Gasteiger partial charge in [0.05, 0.1) is 18.2 Å². The highest BCUT2D eigenvalue weighted by atomic mass is 16.3. The Labute approximate surface area is 139 Å². The van der Waals surface area contributed by atoms with Crippen molar-refractivity contribution in [2.24, 2.45) is 7.05 Å². The summed E-state index contributed by atoms with van der Waals surface area (Å²) in [5.74, 6) is -0.0772. The molecule has 0 spiro atoms. The second-order valence-corrected chi connectivity index (χ2v) is 6.06. The highest BCUT2D eigenvalue weighted by Gasteiger charge is 2.30. The smallest absolute Gasteiger partial charge is 0.254 e. The van der Waals surface area contributed by atoms with Gasteiger partial charge < -0.3 is 10.0 Å². The molecule has 0 bridgehead atoms. The molecule has 0 radical (unpaired) electrons. The molecule has 1 N–H and O–H groups in total. The number of hydrogen-bond donors (Lipinski definition) is 1.